The summed E-state index contributed by atoms with van der Waals surface area (Å²) < 4.78 is 11.8. The number of esters is 1. The monoisotopic (exact) mass is 325 g/mol. The summed E-state index contributed by atoms with van der Waals surface area (Å²) in [7, 11) is 0. The van der Waals surface area contributed by atoms with Crippen molar-refractivity contribution in [3.8, 4) is 0 Å². The maximum Gasteiger partial charge on any atom is 0.323 e. The van der Waals surface area contributed by atoms with E-state index in [0.29, 0.717) is 5.92 Å². The lowest BCUT2D eigenvalue weighted by Crippen LogP contribution is -2.43. The third-order valence-electron chi connectivity index (χ3n) is 5.50. The third-order valence-corrected chi connectivity index (χ3v) is 5.50. The Bertz CT molecular complexity index is 355. The van der Waals surface area contributed by atoms with E-state index < -0.39 is 6.04 Å². The van der Waals surface area contributed by atoms with Crippen LogP contribution in [0.4, 0.5) is 0 Å². The lowest BCUT2D eigenvalue weighted by molar-refractivity contribution is -0.162. The molecule has 1 saturated carbocycles. The van der Waals surface area contributed by atoms with Gasteiger partial charge in [-0.1, -0.05) is 45.4 Å². The highest BCUT2D eigenvalue weighted by molar-refractivity contribution is 5.75. The van der Waals surface area contributed by atoms with Crippen molar-refractivity contribution >= 4 is 5.97 Å². The van der Waals surface area contributed by atoms with Crippen molar-refractivity contribution in [3.05, 3.63) is 0 Å². The zero-order valence-electron chi connectivity index (χ0n) is 15.0. The smallest absolute Gasteiger partial charge is 0.323 e. The molecule has 0 amide bonds. The summed E-state index contributed by atoms with van der Waals surface area (Å²) in [4.78, 5) is 12.1. The fourth-order valence-corrected chi connectivity index (χ4v) is 4.23. The molecule has 0 spiro atoms. The molecule has 2 fully saturated rings. The van der Waals surface area contributed by atoms with E-state index in [1.54, 1.807) is 0 Å². The predicted octanol–water partition coefficient (Wildman–Crippen LogP) is 3.81. The van der Waals surface area contributed by atoms with Gasteiger partial charge in [-0.05, 0) is 44.4 Å². The Balaban J connectivity index is 2.06. The van der Waals surface area contributed by atoms with Crippen LogP contribution in [0.2, 0.25) is 0 Å². The van der Waals surface area contributed by atoms with E-state index in [0.717, 1.165) is 38.2 Å². The second-order valence-electron chi connectivity index (χ2n) is 7.51. The molecule has 23 heavy (non-hydrogen) atoms. The molecule has 4 atom stereocenters. The van der Waals surface area contributed by atoms with Crippen LogP contribution in [-0.2, 0) is 14.3 Å². The minimum absolute atomic E-state index is 0.0183. The molecule has 4 nitrogen and oxygen atoms in total. The first-order valence-electron chi connectivity index (χ1n) is 9.69. The average Bonchev–Trinajstić information content (AvgIpc) is 3.03. The van der Waals surface area contributed by atoms with E-state index in [1.807, 2.05) is 6.92 Å². The van der Waals surface area contributed by atoms with Crippen LogP contribution in [0.5, 0.6) is 0 Å². The van der Waals surface area contributed by atoms with E-state index in [4.69, 9.17) is 15.2 Å². The number of nitrogens with two attached hydrogens (primary N) is 1. The SMILES string of the molecule is CCCO[C@@H]1[C@@H](CC2CCCC2)CCCC[C@H](N)C(=O)O[C@H]1C. The molecule has 0 aromatic rings. The second kappa shape index (κ2) is 9.63. The topological polar surface area (TPSA) is 61.5 Å². The normalized spacial score (nSPS) is 34.3. The molecule has 1 aliphatic carbocycles. The molecule has 0 bridgehead atoms. The Labute approximate surface area is 141 Å². The minimum Gasteiger partial charge on any atom is -0.459 e. The lowest BCUT2D eigenvalue weighted by Gasteiger charge is -2.34. The van der Waals surface area contributed by atoms with Gasteiger partial charge in [-0.25, -0.2) is 0 Å². The Morgan fingerprint density at radius 2 is 1.78 bits per heavy atom. The van der Waals surface area contributed by atoms with Crippen molar-refractivity contribution < 1.29 is 14.3 Å². The van der Waals surface area contributed by atoms with Crippen LogP contribution in [0.25, 0.3) is 0 Å². The van der Waals surface area contributed by atoms with Crippen LogP contribution >= 0.6 is 0 Å². The molecular formula is C19H35NO3. The van der Waals surface area contributed by atoms with Crippen molar-refractivity contribution in [3.63, 3.8) is 0 Å². The summed E-state index contributed by atoms with van der Waals surface area (Å²) in [5.74, 6) is 1.08. The summed E-state index contributed by atoms with van der Waals surface area (Å²) in [6, 6.07) is -0.476. The molecule has 1 aliphatic heterocycles. The fourth-order valence-electron chi connectivity index (χ4n) is 4.23. The minimum atomic E-state index is -0.476. The Morgan fingerprint density at radius 1 is 1.13 bits per heavy atom. The van der Waals surface area contributed by atoms with Gasteiger partial charge in [0.05, 0.1) is 6.10 Å². The first-order chi connectivity index (χ1) is 11.1. The molecule has 2 rings (SSSR count). The lowest BCUT2D eigenvalue weighted by atomic mass is 9.83. The number of cyclic esters (lactones) is 1. The number of rotatable bonds is 5. The van der Waals surface area contributed by atoms with Gasteiger partial charge in [0.15, 0.2) is 0 Å². The van der Waals surface area contributed by atoms with E-state index in [2.05, 4.69) is 6.92 Å². The van der Waals surface area contributed by atoms with Gasteiger partial charge in [0, 0.05) is 6.61 Å². The Morgan fingerprint density at radius 3 is 2.48 bits per heavy atom. The number of hydrogen-bond acceptors (Lipinski definition) is 4. The number of hydrogen-bond donors (Lipinski definition) is 1. The molecule has 0 unspecified atom stereocenters. The van der Waals surface area contributed by atoms with E-state index >= 15 is 0 Å². The van der Waals surface area contributed by atoms with E-state index in [9.17, 15) is 4.79 Å². The zero-order valence-corrected chi connectivity index (χ0v) is 15.0. The van der Waals surface area contributed by atoms with E-state index in [-0.39, 0.29) is 18.2 Å². The highest BCUT2D eigenvalue weighted by atomic mass is 16.6. The highest BCUT2D eigenvalue weighted by Gasteiger charge is 2.34. The van der Waals surface area contributed by atoms with Crippen LogP contribution < -0.4 is 5.73 Å². The number of carbonyl (C=O) groups is 1. The van der Waals surface area contributed by atoms with Gasteiger partial charge in [0.25, 0.3) is 0 Å². The molecule has 0 aromatic heterocycles. The van der Waals surface area contributed by atoms with Crippen molar-refractivity contribution in [2.45, 2.75) is 96.3 Å². The first kappa shape index (κ1) is 18.7. The van der Waals surface area contributed by atoms with Gasteiger partial charge in [-0.15, -0.1) is 0 Å². The van der Waals surface area contributed by atoms with Gasteiger partial charge >= 0.3 is 5.97 Å². The molecular weight excluding hydrogens is 290 g/mol. The quantitative estimate of drug-likeness (QED) is 0.781. The third kappa shape index (κ3) is 5.75. The molecule has 134 valence electrons. The van der Waals surface area contributed by atoms with Crippen molar-refractivity contribution in [1.29, 1.82) is 0 Å². The molecule has 0 radical (unpaired) electrons. The molecule has 1 saturated heterocycles. The maximum atomic E-state index is 12.1. The van der Waals surface area contributed by atoms with Gasteiger partial charge in [0.1, 0.15) is 12.1 Å². The summed E-state index contributed by atoms with van der Waals surface area (Å²) in [5.41, 5.74) is 5.93. The summed E-state index contributed by atoms with van der Waals surface area (Å²) in [6.07, 6.45) is 11.5. The summed E-state index contributed by atoms with van der Waals surface area (Å²) in [5, 5.41) is 0. The standard InChI is InChI=1S/C19H35NO3/c1-3-12-22-18-14(2)23-19(21)17(20)11-7-6-10-16(18)13-15-8-4-5-9-15/h14-18H,3-13,20H2,1-2H3/t14-,16+,17-,18-/m0/s1. The molecule has 0 aromatic carbocycles. The molecule has 1 heterocycles. The van der Waals surface area contributed by atoms with Crippen LogP contribution in [0.3, 0.4) is 0 Å². The van der Waals surface area contributed by atoms with Crippen molar-refractivity contribution in [2.75, 3.05) is 6.61 Å². The molecule has 2 N–H and O–H groups in total. The van der Waals surface area contributed by atoms with Gasteiger partial charge in [-0.2, -0.15) is 0 Å². The zero-order chi connectivity index (χ0) is 16.7. The van der Waals surface area contributed by atoms with Crippen LogP contribution in [0.1, 0.15) is 78.1 Å². The maximum absolute atomic E-state index is 12.1. The summed E-state index contributed by atoms with van der Waals surface area (Å²) in [6.45, 7) is 4.84. The predicted molar refractivity (Wildman–Crippen MR) is 92.1 cm³/mol. The highest BCUT2D eigenvalue weighted by Crippen LogP contribution is 2.35. The van der Waals surface area contributed by atoms with Gasteiger partial charge < -0.3 is 15.2 Å². The van der Waals surface area contributed by atoms with Crippen LogP contribution in [0.15, 0.2) is 0 Å². The second-order valence-corrected chi connectivity index (χ2v) is 7.51. The van der Waals surface area contributed by atoms with Crippen molar-refractivity contribution in [2.24, 2.45) is 17.6 Å². The average molecular weight is 325 g/mol. The Kier molecular flexibility index (Phi) is 7.84. The van der Waals surface area contributed by atoms with Crippen molar-refractivity contribution in [1.82, 2.24) is 0 Å². The first-order valence-corrected chi connectivity index (χ1v) is 9.69. The molecule has 2 aliphatic rings. The Hall–Kier alpha value is -0.610. The van der Waals surface area contributed by atoms with Gasteiger partial charge in [-0.3, -0.25) is 4.79 Å². The summed E-state index contributed by atoms with van der Waals surface area (Å²) >= 11 is 0. The van der Waals surface area contributed by atoms with Crippen LogP contribution in [0, 0.1) is 11.8 Å². The van der Waals surface area contributed by atoms with E-state index in [1.165, 1.54) is 38.5 Å². The fraction of sp³-hybridized carbons (Fsp3) is 0.947. The largest absolute Gasteiger partial charge is 0.459 e. The van der Waals surface area contributed by atoms with Gasteiger partial charge in [0.2, 0.25) is 0 Å². The number of carbonyl (C=O) groups excluding carboxylic acids is 1. The number of ether oxygens (including phenoxy) is 2. The van der Waals surface area contributed by atoms with Crippen LogP contribution in [-0.4, -0.2) is 30.8 Å². The molecule has 4 heteroatoms.